The molecule has 1 unspecified atom stereocenters. The van der Waals surface area contributed by atoms with Crippen LogP contribution in [0.15, 0.2) is 24.3 Å². The molecule has 100 valence electrons. The average molecular weight is 248 g/mol. The number of carbonyl (C=O) groups excluding carboxylic acids is 1. The van der Waals surface area contributed by atoms with Crippen molar-refractivity contribution in [3.63, 3.8) is 0 Å². The van der Waals surface area contributed by atoms with Crippen molar-refractivity contribution in [2.24, 2.45) is 5.73 Å². The van der Waals surface area contributed by atoms with Crippen LogP contribution >= 0.6 is 0 Å². The molecule has 0 heterocycles. The van der Waals surface area contributed by atoms with E-state index in [-0.39, 0.29) is 11.9 Å². The summed E-state index contributed by atoms with van der Waals surface area (Å²) in [7, 11) is 0. The van der Waals surface area contributed by atoms with Crippen molar-refractivity contribution in [1.82, 2.24) is 0 Å². The third-order valence-corrected chi connectivity index (χ3v) is 2.87. The lowest BCUT2D eigenvalue weighted by Gasteiger charge is -2.11. The summed E-state index contributed by atoms with van der Waals surface area (Å²) >= 11 is 0. The first-order valence-corrected chi connectivity index (χ1v) is 6.80. The van der Waals surface area contributed by atoms with Crippen LogP contribution < -0.4 is 11.1 Å². The van der Waals surface area contributed by atoms with Crippen molar-refractivity contribution in [1.29, 1.82) is 0 Å². The SMILES string of the molecule is CCCC(=O)Nc1ccc(CC(N)CCC)cc1. The summed E-state index contributed by atoms with van der Waals surface area (Å²) in [4.78, 5) is 11.4. The minimum atomic E-state index is 0.0768. The Morgan fingerprint density at radius 2 is 1.89 bits per heavy atom. The highest BCUT2D eigenvalue weighted by Gasteiger charge is 2.04. The lowest BCUT2D eigenvalue weighted by Crippen LogP contribution is -2.22. The highest BCUT2D eigenvalue weighted by molar-refractivity contribution is 5.90. The molecule has 3 N–H and O–H groups in total. The second kappa shape index (κ2) is 7.88. The molecular formula is C15H24N2O. The summed E-state index contributed by atoms with van der Waals surface area (Å²) in [6, 6.07) is 8.20. The van der Waals surface area contributed by atoms with E-state index in [0.29, 0.717) is 6.42 Å². The normalized spacial score (nSPS) is 12.2. The Labute approximate surface area is 110 Å². The average Bonchev–Trinajstić information content (AvgIpc) is 2.32. The molecule has 18 heavy (non-hydrogen) atoms. The topological polar surface area (TPSA) is 55.1 Å². The second-order valence-corrected chi connectivity index (χ2v) is 4.75. The first kappa shape index (κ1) is 14.7. The first-order valence-electron chi connectivity index (χ1n) is 6.80. The quantitative estimate of drug-likeness (QED) is 0.779. The molecule has 1 atom stereocenters. The predicted octanol–water partition coefficient (Wildman–Crippen LogP) is 3.10. The summed E-state index contributed by atoms with van der Waals surface area (Å²) < 4.78 is 0. The zero-order valence-corrected chi connectivity index (χ0v) is 11.4. The van der Waals surface area contributed by atoms with E-state index in [4.69, 9.17) is 5.73 Å². The molecule has 1 aromatic carbocycles. The van der Waals surface area contributed by atoms with Crippen LogP contribution in [0.2, 0.25) is 0 Å². The number of hydrogen-bond donors (Lipinski definition) is 2. The zero-order chi connectivity index (χ0) is 13.4. The summed E-state index contributed by atoms with van der Waals surface area (Å²) in [5.41, 5.74) is 8.09. The van der Waals surface area contributed by atoms with E-state index in [1.165, 1.54) is 5.56 Å². The van der Waals surface area contributed by atoms with Gasteiger partial charge in [0.25, 0.3) is 0 Å². The molecule has 0 saturated heterocycles. The molecule has 0 spiro atoms. The molecule has 0 aliphatic heterocycles. The van der Waals surface area contributed by atoms with Gasteiger partial charge in [0, 0.05) is 18.2 Å². The maximum atomic E-state index is 11.4. The van der Waals surface area contributed by atoms with Gasteiger partial charge >= 0.3 is 0 Å². The maximum Gasteiger partial charge on any atom is 0.224 e. The predicted molar refractivity (Wildman–Crippen MR) is 76.6 cm³/mol. The fraction of sp³-hybridized carbons (Fsp3) is 0.533. The van der Waals surface area contributed by atoms with E-state index in [1.807, 2.05) is 31.2 Å². The Bertz CT molecular complexity index is 359. The van der Waals surface area contributed by atoms with Crippen molar-refractivity contribution >= 4 is 11.6 Å². The first-order chi connectivity index (χ1) is 8.65. The van der Waals surface area contributed by atoms with Gasteiger partial charge in [-0.15, -0.1) is 0 Å². The van der Waals surface area contributed by atoms with Gasteiger partial charge in [-0.3, -0.25) is 4.79 Å². The molecule has 0 bridgehead atoms. The van der Waals surface area contributed by atoms with Gasteiger partial charge in [-0.05, 0) is 37.0 Å². The Morgan fingerprint density at radius 3 is 2.44 bits per heavy atom. The Kier molecular flexibility index (Phi) is 6.44. The van der Waals surface area contributed by atoms with E-state index in [2.05, 4.69) is 12.2 Å². The highest BCUT2D eigenvalue weighted by atomic mass is 16.1. The number of benzene rings is 1. The molecule has 1 aromatic rings. The molecule has 0 aromatic heterocycles. The Morgan fingerprint density at radius 1 is 1.22 bits per heavy atom. The van der Waals surface area contributed by atoms with Gasteiger partial charge in [0.05, 0.1) is 0 Å². The van der Waals surface area contributed by atoms with Crippen molar-refractivity contribution in [3.8, 4) is 0 Å². The van der Waals surface area contributed by atoms with E-state index in [1.54, 1.807) is 0 Å². The standard InChI is InChI=1S/C15H24N2O/c1-3-5-13(16)11-12-7-9-14(10-8-12)17-15(18)6-4-2/h7-10,13H,3-6,11,16H2,1-2H3,(H,17,18). The van der Waals surface area contributed by atoms with Crippen molar-refractivity contribution in [2.45, 2.75) is 52.0 Å². The number of anilines is 1. The molecule has 0 aliphatic rings. The monoisotopic (exact) mass is 248 g/mol. The van der Waals surface area contributed by atoms with Gasteiger partial charge in [0.1, 0.15) is 0 Å². The Hall–Kier alpha value is -1.35. The van der Waals surface area contributed by atoms with Crippen LogP contribution in [0.5, 0.6) is 0 Å². The van der Waals surface area contributed by atoms with Gasteiger partial charge in [-0.2, -0.15) is 0 Å². The van der Waals surface area contributed by atoms with E-state index < -0.39 is 0 Å². The largest absolute Gasteiger partial charge is 0.327 e. The molecule has 0 saturated carbocycles. The molecule has 1 rings (SSSR count). The summed E-state index contributed by atoms with van der Waals surface area (Å²) in [6.07, 6.45) is 4.51. The minimum absolute atomic E-state index is 0.0768. The van der Waals surface area contributed by atoms with E-state index >= 15 is 0 Å². The van der Waals surface area contributed by atoms with Crippen LogP contribution in [0.1, 0.15) is 45.1 Å². The fourth-order valence-electron chi connectivity index (χ4n) is 1.95. The lowest BCUT2D eigenvalue weighted by molar-refractivity contribution is -0.116. The lowest BCUT2D eigenvalue weighted by atomic mass is 10.0. The molecule has 3 nitrogen and oxygen atoms in total. The highest BCUT2D eigenvalue weighted by Crippen LogP contribution is 2.12. The number of carbonyl (C=O) groups is 1. The molecule has 0 radical (unpaired) electrons. The minimum Gasteiger partial charge on any atom is -0.327 e. The van der Waals surface area contributed by atoms with Crippen LogP contribution in [-0.2, 0) is 11.2 Å². The van der Waals surface area contributed by atoms with E-state index in [9.17, 15) is 4.79 Å². The summed E-state index contributed by atoms with van der Waals surface area (Å²) in [6.45, 7) is 4.14. The van der Waals surface area contributed by atoms with Crippen LogP contribution in [-0.4, -0.2) is 11.9 Å². The molecule has 1 amide bonds. The van der Waals surface area contributed by atoms with Crippen molar-refractivity contribution in [2.75, 3.05) is 5.32 Å². The number of rotatable bonds is 7. The Balaban J connectivity index is 2.49. The maximum absolute atomic E-state index is 11.4. The summed E-state index contributed by atoms with van der Waals surface area (Å²) in [5, 5.41) is 2.88. The van der Waals surface area contributed by atoms with E-state index in [0.717, 1.165) is 31.4 Å². The fourth-order valence-corrected chi connectivity index (χ4v) is 1.95. The van der Waals surface area contributed by atoms with Gasteiger partial charge in [-0.1, -0.05) is 32.4 Å². The number of amides is 1. The molecular weight excluding hydrogens is 224 g/mol. The number of nitrogens with one attached hydrogen (secondary N) is 1. The van der Waals surface area contributed by atoms with Crippen LogP contribution in [0.4, 0.5) is 5.69 Å². The van der Waals surface area contributed by atoms with Gasteiger partial charge in [-0.25, -0.2) is 0 Å². The van der Waals surface area contributed by atoms with Crippen molar-refractivity contribution < 1.29 is 4.79 Å². The van der Waals surface area contributed by atoms with Gasteiger partial charge in [0.15, 0.2) is 0 Å². The van der Waals surface area contributed by atoms with Crippen molar-refractivity contribution in [3.05, 3.63) is 29.8 Å². The summed E-state index contributed by atoms with van der Waals surface area (Å²) in [5.74, 6) is 0.0768. The third-order valence-electron chi connectivity index (χ3n) is 2.87. The van der Waals surface area contributed by atoms with Crippen LogP contribution in [0.25, 0.3) is 0 Å². The molecule has 3 heteroatoms. The smallest absolute Gasteiger partial charge is 0.224 e. The van der Waals surface area contributed by atoms with Crippen LogP contribution in [0, 0.1) is 0 Å². The van der Waals surface area contributed by atoms with Gasteiger partial charge in [0.2, 0.25) is 5.91 Å². The number of nitrogens with two attached hydrogens (primary N) is 1. The zero-order valence-electron chi connectivity index (χ0n) is 11.4. The molecule has 0 fully saturated rings. The number of hydrogen-bond acceptors (Lipinski definition) is 2. The molecule has 0 aliphatic carbocycles. The van der Waals surface area contributed by atoms with Crippen LogP contribution in [0.3, 0.4) is 0 Å². The van der Waals surface area contributed by atoms with Gasteiger partial charge < -0.3 is 11.1 Å². The third kappa shape index (κ3) is 5.32. The second-order valence-electron chi connectivity index (χ2n) is 4.75.